The molecule has 1 atom stereocenters. The molecule has 0 unspecified atom stereocenters. The lowest BCUT2D eigenvalue weighted by atomic mass is 10.1. The number of nitrogens with one attached hydrogen (secondary N) is 1. The zero-order valence-corrected chi connectivity index (χ0v) is 13.5. The molecule has 0 spiro atoms. The lowest BCUT2D eigenvalue weighted by Crippen LogP contribution is -2.18. The van der Waals surface area contributed by atoms with Crippen LogP contribution in [0.25, 0.3) is 10.9 Å². The molecule has 2 nitrogen and oxygen atoms in total. The zero-order chi connectivity index (χ0) is 14.7. The normalized spacial score (nSPS) is 12.5. The van der Waals surface area contributed by atoms with Gasteiger partial charge in [-0.25, -0.2) is 0 Å². The van der Waals surface area contributed by atoms with Gasteiger partial charge in [0.15, 0.2) is 0 Å². The van der Waals surface area contributed by atoms with Crippen LogP contribution in [0.1, 0.15) is 24.1 Å². The van der Waals surface area contributed by atoms with Gasteiger partial charge in [-0.2, -0.15) is 0 Å². The Bertz CT molecular complexity index is 750. The Morgan fingerprint density at radius 3 is 2.67 bits per heavy atom. The summed E-state index contributed by atoms with van der Waals surface area (Å²) in [5.74, 6) is 0. The molecule has 21 heavy (non-hydrogen) atoms. The molecule has 2 aromatic carbocycles. The van der Waals surface area contributed by atoms with E-state index in [1.807, 2.05) is 18.3 Å². The van der Waals surface area contributed by atoms with Crippen LogP contribution in [0, 0.1) is 0 Å². The van der Waals surface area contributed by atoms with Gasteiger partial charge >= 0.3 is 0 Å². The van der Waals surface area contributed by atoms with E-state index in [-0.39, 0.29) is 6.04 Å². The first-order chi connectivity index (χ1) is 10.3. The highest BCUT2D eigenvalue weighted by molar-refractivity contribution is 9.10. The summed E-state index contributed by atoms with van der Waals surface area (Å²) in [6.07, 6.45) is 1.88. The molecule has 0 amide bonds. The lowest BCUT2D eigenvalue weighted by molar-refractivity contribution is 0.574. The Morgan fingerprint density at radius 2 is 1.81 bits per heavy atom. The highest BCUT2D eigenvalue weighted by atomic mass is 79.9. The highest BCUT2D eigenvalue weighted by Gasteiger charge is 2.09. The minimum atomic E-state index is 0.285. The van der Waals surface area contributed by atoms with E-state index in [0.717, 1.165) is 16.5 Å². The van der Waals surface area contributed by atoms with Crippen LogP contribution in [-0.2, 0) is 6.54 Å². The summed E-state index contributed by atoms with van der Waals surface area (Å²) in [5, 5.41) is 4.81. The zero-order valence-electron chi connectivity index (χ0n) is 11.9. The van der Waals surface area contributed by atoms with Crippen molar-refractivity contribution in [3.63, 3.8) is 0 Å². The number of pyridine rings is 1. The number of fused-ring (bicyclic) bond motifs is 1. The van der Waals surface area contributed by atoms with E-state index >= 15 is 0 Å². The number of hydrogen-bond acceptors (Lipinski definition) is 2. The minimum absolute atomic E-state index is 0.285. The average Bonchev–Trinajstić information content (AvgIpc) is 2.53. The third-order valence-electron chi connectivity index (χ3n) is 3.71. The fraction of sp³-hybridized carbons (Fsp3) is 0.167. The Kier molecular flexibility index (Phi) is 4.32. The number of aromatic nitrogens is 1. The Hall–Kier alpha value is -1.71. The standard InChI is InChI=1S/C18H17BrN2/c1-13(15-6-2-4-8-17(15)19)21-12-14-10-11-20-18-9-5-3-7-16(14)18/h2-11,13,21H,12H2,1H3/t13-/m1/s1. The molecule has 0 radical (unpaired) electrons. The molecule has 0 bridgehead atoms. The van der Waals surface area contributed by atoms with Crippen LogP contribution < -0.4 is 5.32 Å². The Morgan fingerprint density at radius 1 is 1.05 bits per heavy atom. The predicted molar refractivity (Wildman–Crippen MR) is 91.1 cm³/mol. The molecule has 1 heterocycles. The second kappa shape index (κ2) is 6.37. The summed E-state index contributed by atoms with van der Waals surface area (Å²) in [4.78, 5) is 4.41. The van der Waals surface area contributed by atoms with Gasteiger partial charge in [-0.1, -0.05) is 52.3 Å². The second-order valence-electron chi connectivity index (χ2n) is 5.11. The SMILES string of the molecule is C[C@@H](NCc1ccnc2ccccc12)c1ccccc1Br. The molecular formula is C18H17BrN2. The lowest BCUT2D eigenvalue weighted by Gasteiger charge is -2.16. The van der Waals surface area contributed by atoms with Gasteiger partial charge in [0.25, 0.3) is 0 Å². The van der Waals surface area contributed by atoms with E-state index in [0.29, 0.717) is 0 Å². The van der Waals surface area contributed by atoms with E-state index < -0.39 is 0 Å². The fourth-order valence-corrected chi connectivity index (χ4v) is 3.14. The van der Waals surface area contributed by atoms with Crippen LogP contribution in [0.15, 0.2) is 65.3 Å². The van der Waals surface area contributed by atoms with Crippen molar-refractivity contribution in [2.24, 2.45) is 0 Å². The van der Waals surface area contributed by atoms with Crippen LogP contribution in [0.3, 0.4) is 0 Å². The van der Waals surface area contributed by atoms with Crippen molar-refractivity contribution in [1.29, 1.82) is 0 Å². The quantitative estimate of drug-likeness (QED) is 0.734. The highest BCUT2D eigenvalue weighted by Crippen LogP contribution is 2.23. The maximum Gasteiger partial charge on any atom is 0.0705 e. The van der Waals surface area contributed by atoms with Crippen molar-refractivity contribution in [2.45, 2.75) is 19.5 Å². The third-order valence-corrected chi connectivity index (χ3v) is 4.43. The number of hydrogen-bond donors (Lipinski definition) is 1. The van der Waals surface area contributed by atoms with E-state index in [1.165, 1.54) is 16.5 Å². The van der Waals surface area contributed by atoms with Gasteiger partial charge in [-0.3, -0.25) is 4.98 Å². The van der Waals surface area contributed by atoms with E-state index in [1.54, 1.807) is 0 Å². The maximum atomic E-state index is 4.41. The van der Waals surface area contributed by atoms with Gasteiger partial charge < -0.3 is 5.32 Å². The number of rotatable bonds is 4. The fourth-order valence-electron chi connectivity index (χ4n) is 2.51. The van der Waals surface area contributed by atoms with Crippen LogP contribution in [0.2, 0.25) is 0 Å². The summed E-state index contributed by atoms with van der Waals surface area (Å²) in [6.45, 7) is 3.01. The van der Waals surface area contributed by atoms with E-state index in [2.05, 4.69) is 75.6 Å². The molecule has 0 fully saturated rings. The van der Waals surface area contributed by atoms with Gasteiger partial charge in [-0.15, -0.1) is 0 Å². The minimum Gasteiger partial charge on any atom is -0.306 e. The topological polar surface area (TPSA) is 24.9 Å². The van der Waals surface area contributed by atoms with Crippen LogP contribution >= 0.6 is 15.9 Å². The first-order valence-corrected chi connectivity index (χ1v) is 7.85. The van der Waals surface area contributed by atoms with E-state index in [9.17, 15) is 0 Å². The largest absolute Gasteiger partial charge is 0.306 e. The summed E-state index contributed by atoms with van der Waals surface area (Å²) in [7, 11) is 0. The molecule has 1 N–H and O–H groups in total. The Balaban J connectivity index is 1.79. The molecule has 0 saturated carbocycles. The summed E-state index contributed by atoms with van der Waals surface area (Å²) >= 11 is 3.61. The molecular weight excluding hydrogens is 324 g/mol. The van der Waals surface area contributed by atoms with Crippen molar-refractivity contribution < 1.29 is 0 Å². The molecule has 0 aliphatic carbocycles. The monoisotopic (exact) mass is 340 g/mol. The van der Waals surface area contributed by atoms with Crippen molar-refractivity contribution in [2.75, 3.05) is 0 Å². The number of nitrogens with zero attached hydrogens (tertiary/aromatic N) is 1. The van der Waals surface area contributed by atoms with Crippen molar-refractivity contribution >= 4 is 26.8 Å². The van der Waals surface area contributed by atoms with Crippen molar-refractivity contribution in [1.82, 2.24) is 10.3 Å². The summed E-state index contributed by atoms with van der Waals surface area (Å²) in [6, 6.07) is 19.0. The molecule has 3 heteroatoms. The maximum absolute atomic E-state index is 4.41. The number of halogens is 1. The first-order valence-electron chi connectivity index (χ1n) is 7.06. The van der Waals surface area contributed by atoms with Crippen LogP contribution in [0.4, 0.5) is 0 Å². The molecule has 0 saturated heterocycles. The van der Waals surface area contributed by atoms with Gasteiger partial charge in [-0.05, 0) is 36.2 Å². The average molecular weight is 341 g/mol. The summed E-state index contributed by atoms with van der Waals surface area (Å²) < 4.78 is 1.14. The molecule has 0 aliphatic heterocycles. The van der Waals surface area contributed by atoms with E-state index in [4.69, 9.17) is 0 Å². The first kappa shape index (κ1) is 14.2. The number of para-hydroxylation sites is 1. The smallest absolute Gasteiger partial charge is 0.0705 e. The Labute approximate surface area is 133 Å². The molecule has 3 rings (SSSR count). The molecule has 1 aromatic heterocycles. The third kappa shape index (κ3) is 3.14. The van der Waals surface area contributed by atoms with Crippen molar-refractivity contribution in [3.05, 3.63) is 76.4 Å². The number of benzene rings is 2. The van der Waals surface area contributed by atoms with Gasteiger partial charge in [0, 0.05) is 28.6 Å². The van der Waals surface area contributed by atoms with Crippen LogP contribution in [0.5, 0.6) is 0 Å². The molecule has 3 aromatic rings. The van der Waals surface area contributed by atoms with Gasteiger partial charge in [0.05, 0.1) is 5.52 Å². The molecule has 106 valence electrons. The predicted octanol–water partition coefficient (Wildman–Crippen LogP) is 4.85. The second-order valence-corrected chi connectivity index (χ2v) is 5.97. The van der Waals surface area contributed by atoms with Crippen LogP contribution in [-0.4, -0.2) is 4.98 Å². The van der Waals surface area contributed by atoms with Crippen molar-refractivity contribution in [3.8, 4) is 0 Å². The van der Waals surface area contributed by atoms with Gasteiger partial charge in [0.2, 0.25) is 0 Å². The molecule has 0 aliphatic rings. The van der Waals surface area contributed by atoms with Gasteiger partial charge in [0.1, 0.15) is 0 Å². The summed E-state index contributed by atoms with van der Waals surface area (Å²) in [5.41, 5.74) is 3.60.